The summed E-state index contributed by atoms with van der Waals surface area (Å²) in [6.07, 6.45) is 7.32. The van der Waals surface area contributed by atoms with Crippen LogP contribution in [0.15, 0.2) is 48.5 Å². The lowest BCUT2D eigenvalue weighted by Gasteiger charge is -2.10. The second kappa shape index (κ2) is 5.59. The van der Waals surface area contributed by atoms with Crippen molar-refractivity contribution in [2.24, 2.45) is 0 Å². The van der Waals surface area contributed by atoms with Crippen molar-refractivity contribution in [3.05, 3.63) is 76.4 Å². The molecule has 0 saturated carbocycles. The molecule has 0 aliphatic carbocycles. The number of hydrogen-bond donors (Lipinski definition) is 0. The SMILES string of the molecule is C#C/C=C(/c1ccc(C)cc1)c1ccc(C)c(C)c1. The first-order valence-corrected chi connectivity index (χ1v) is 6.43. The van der Waals surface area contributed by atoms with E-state index in [1.165, 1.54) is 22.3 Å². The van der Waals surface area contributed by atoms with Crippen LogP contribution in [-0.4, -0.2) is 0 Å². The zero-order valence-electron chi connectivity index (χ0n) is 11.7. The minimum atomic E-state index is 1.10. The normalized spacial score (nSPS) is 11.2. The first-order valence-electron chi connectivity index (χ1n) is 6.43. The molecule has 94 valence electrons. The summed E-state index contributed by atoms with van der Waals surface area (Å²) in [4.78, 5) is 0. The Kier molecular flexibility index (Phi) is 3.88. The molecule has 0 spiro atoms. The summed E-state index contributed by atoms with van der Waals surface area (Å²) in [6, 6.07) is 14.9. The van der Waals surface area contributed by atoms with Gasteiger partial charge in [0.15, 0.2) is 0 Å². The van der Waals surface area contributed by atoms with Gasteiger partial charge in [0.25, 0.3) is 0 Å². The predicted octanol–water partition coefficient (Wildman–Crippen LogP) is 4.68. The van der Waals surface area contributed by atoms with Gasteiger partial charge in [-0.2, -0.15) is 0 Å². The van der Waals surface area contributed by atoms with E-state index in [9.17, 15) is 0 Å². The maximum atomic E-state index is 5.48. The smallest absolute Gasteiger partial charge is 0.00278 e. The Morgan fingerprint density at radius 2 is 1.53 bits per heavy atom. The Labute approximate surface area is 115 Å². The number of terminal acetylenes is 1. The molecule has 0 aliphatic heterocycles. The van der Waals surface area contributed by atoms with Crippen LogP contribution in [0.3, 0.4) is 0 Å². The molecule has 2 aromatic carbocycles. The van der Waals surface area contributed by atoms with Gasteiger partial charge < -0.3 is 0 Å². The molecule has 2 aromatic rings. The Morgan fingerprint density at radius 3 is 2.11 bits per heavy atom. The van der Waals surface area contributed by atoms with Crippen molar-refractivity contribution in [3.8, 4) is 12.3 Å². The zero-order chi connectivity index (χ0) is 13.8. The second-order valence-electron chi connectivity index (χ2n) is 4.89. The highest BCUT2D eigenvalue weighted by Gasteiger charge is 2.05. The average Bonchev–Trinajstić information content (AvgIpc) is 2.41. The van der Waals surface area contributed by atoms with Gasteiger partial charge in [0.2, 0.25) is 0 Å². The van der Waals surface area contributed by atoms with Gasteiger partial charge in [-0.25, -0.2) is 0 Å². The minimum absolute atomic E-state index is 1.10. The summed E-state index contributed by atoms with van der Waals surface area (Å²) in [5.41, 5.74) is 7.27. The zero-order valence-corrected chi connectivity index (χ0v) is 11.7. The van der Waals surface area contributed by atoms with Crippen LogP contribution < -0.4 is 0 Å². The quantitative estimate of drug-likeness (QED) is 0.675. The van der Waals surface area contributed by atoms with E-state index >= 15 is 0 Å². The van der Waals surface area contributed by atoms with Gasteiger partial charge in [-0.05, 0) is 54.7 Å². The molecule has 2 rings (SSSR count). The largest absolute Gasteiger partial charge is 0.115 e. The Hall–Kier alpha value is -2.26. The molecule has 0 fully saturated rings. The molecule has 0 bridgehead atoms. The van der Waals surface area contributed by atoms with Crippen molar-refractivity contribution in [2.75, 3.05) is 0 Å². The third kappa shape index (κ3) is 2.95. The highest BCUT2D eigenvalue weighted by Crippen LogP contribution is 2.25. The Morgan fingerprint density at radius 1 is 0.895 bits per heavy atom. The Balaban J connectivity index is 2.52. The predicted molar refractivity (Wildman–Crippen MR) is 83.0 cm³/mol. The van der Waals surface area contributed by atoms with Gasteiger partial charge in [-0.1, -0.05) is 53.9 Å². The first kappa shape index (κ1) is 13.2. The molecule has 0 amide bonds. The monoisotopic (exact) mass is 246 g/mol. The van der Waals surface area contributed by atoms with Gasteiger partial charge in [0.05, 0.1) is 0 Å². The second-order valence-corrected chi connectivity index (χ2v) is 4.89. The summed E-state index contributed by atoms with van der Waals surface area (Å²) < 4.78 is 0. The van der Waals surface area contributed by atoms with E-state index in [2.05, 4.69) is 69.2 Å². The van der Waals surface area contributed by atoms with Crippen molar-refractivity contribution in [2.45, 2.75) is 20.8 Å². The molecule has 0 unspecified atom stereocenters. The van der Waals surface area contributed by atoms with Gasteiger partial charge in [0.1, 0.15) is 0 Å². The highest BCUT2D eigenvalue weighted by molar-refractivity contribution is 5.81. The third-order valence-corrected chi connectivity index (χ3v) is 3.41. The van der Waals surface area contributed by atoms with E-state index in [1.54, 1.807) is 0 Å². The molecule has 0 N–H and O–H groups in total. The minimum Gasteiger partial charge on any atom is -0.115 e. The number of hydrogen-bond acceptors (Lipinski definition) is 0. The summed E-state index contributed by atoms with van der Waals surface area (Å²) >= 11 is 0. The van der Waals surface area contributed by atoms with E-state index in [1.807, 2.05) is 6.08 Å². The topological polar surface area (TPSA) is 0 Å². The van der Waals surface area contributed by atoms with Crippen molar-refractivity contribution in [1.82, 2.24) is 0 Å². The molecule has 0 atom stereocenters. The van der Waals surface area contributed by atoms with E-state index in [0.29, 0.717) is 0 Å². The van der Waals surface area contributed by atoms with Crippen molar-refractivity contribution in [1.29, 1.82) is 0 Å². The average molecular weight is 246 g/mol. The molecule has 0 heteroatoms. The molecule has 0 heterocycles. The van der Waals surface area contributed by atoms with E-state index in [4.69, 9.17) is 6.42 Å². The molecule has 0 nitrogen and oxygen atoms in total. The van der Waals surface area contributed by atoms with Gasteiger partial charge in [-0.3, -0.25) is 0 Å². The molecule has 0 saturated heterocycles. The van der Waals surface area contributed by atoms with Crippen LogP contribution in [0.1, 0.15) is 27.8 Å². The van der Waals surface area contributed by atoms with E-state index in [0.717, 1.165) is 11.1 Å². The summed E-state index contributed by atoms with van der Waals surface area (Å²) in [5, 5.41) is 0. The van der Waals surface area contributed by atoms with Gasteiger partial charge in [0, 0.05) is 0 Å². The highest BCUT2D eigenvalue weighted by atomic mass is 14.1. The lowest BCUT2D eigenvalue weighted by molar-refractivity contribution is 1.33. The molecular weight excluding hydrogens is 228 g/mol. The van der Waals surface area contributed by atoms with Crippen molar-refractivity contribution >= 4 is 5.57 Å². The lowest BCUT2D eigenvalue weighted by Crippen LogP contribution is -1.91. The number of rotatable bonds is 2. The van der Waals surface area contributed by atoms with Crippen LogP contribution in [0.25, 0.3) is 5.57 Å². The summed E-state index contributed by atoms with van der Waals surface area (Å²) in [6.45, 7) is 6.33. The number of allylic oxidation sites excluding steroid dienone is 1. The molecule has 0 aliphatic rings. The molecule has 19 heavy (non-hydrogen) atoms. The fourth-order valence-electron chi connectivity index (χ4n) is 2.06. The van der Waals surface area contributed by atoms with Crippen LogP contribution >= 0.6 is 0 Å². The number of benzene rings is 2. The van der Waals surface area contributed by atoms with E-state index < -0.39 is 0 Å². The first-order chi connectivity index (χ1) is 9.11. The third-order valence-electron chi connectivity index (χ3n) is 3.41. The fraction of sp³-hybridized carbons (Fsp3) is 0.158. The molecule has 0 radical (unpaired) electrons. The molecule has 0 aromatic heterocycles. The molecular formula is C19H18. The van der Waals surface area contributed by atoms with Crippen LogP contribution in [0, 0.1) is 33.1 Å². The van der Waals surface area contributed by atoms with Gasteiger partial charge >= 0.3 is 0 Å². The van der Waals surface area contributed by atoms with Crippen LogP contribution in [0.4, 0.5) is 0 Å². The summed E-state index contributed by atoms with van der Waals surface area (Å²) in [5.74, 6) is 2.65. The van der Waals surface area contributed by atoms with Crippen molar-refractivity contribution in [3.63, 3.8) is 0 Å². The van der Waals surface area contributed by atoms with Gasteiger partial charge in [-0.15, -0.1) is 6.42 Å². The fourth-order valence-corrected chi connectivity index (χ4v) is 2.06. The Bertz CT molecular complexity index is 649. The van der Waals surface area contributed by atoms with E-state index in [-0.39, 0.29) is 0 Å². The maximum absolute atomic E-state index is 5.48. The maximum Gasteiger partial charge on any atom is -0.00278 e. The van der Waals surface area contributed by atoms with Crippen LogP contribution in [-0.2, 0) is 0 Å². The van der Waals surface area contributed by atoms with Crippen LogP contribution in [0.2, 0.25) is 0 Å². The lowest BCUT2D eigenvalue weighted by atomic mass is 9.94. The summed E-state index contributed by atoms with van der Waals surface area (Å²) in [7, 11) is 0. The van der Waals surface area contributed by atoms with Crippen molar-refractivity contribution < 1.29 is 0 Å². The van der Waals surface area contributed by atoms with Crippen LogP contribution in [0.5, 0.6) is 0 Å². The standard InChI is InChI=1S/C19H18/c1-5-6-19(17-10-7-14(2)8-11-17)18-12-9-15(3)16(4)13-18/h1,6-13H,2-4H3/b19-6-. The number of aryl methyl sites for hydroxylation is 3.